The van der Waals surface area contributed by atoms with Crippen LogP contribution in [0.2, 0.25) is 5.02 Å². The summed E-state index contributed by atoms with van der Waals surface area (Å²) < 4.78 is 39.2. The lowest BCUT2D eigenvalue weighted by Gasteiger charge is -2.13. The Morgan fingerprint density at radius 3 is 2.71 bits per heavy atom. The van der Waals surface area contributed by atoms with E-state index in [2.05, 4.69) is 4.72 Å². The van der Waals surface area contributed by atoms with Gasteiger partial charge in [0.1, 0.15) is 4.90 Å². The number of hydrogen-bond donors (Lipinski definition) is 3. The first kappa shape index (κ1) is 14.2. The van der Waals surface area contributed by atoms with Gasteiger partial charge in [0.05, 0.1) is 12.3 Å². The first-order valence-corrected chi connectivity index (χ1v) is 6.51. The van der Waals surface area contributed by atoms with Gasteiger partial charge in [-0.2, -0.15) is 0 Å². The van der Waals surface area contributed by atoms with Gasteiger partial charge in [-0.1, -0.05) is 11.6 Å². The van der Waals surface area contributed by atoms with Crippen molar-refractivity contribution in [1.82, 2.24) is 4.72 Å². The Balaban J connectivity index is 3.24. The summed E-state index contributed by atoms with van der Waals surface area (Å²) in [7, 11) is -4.10. The second-order valence-corrected chi connectivity index (χ2v) is 5.63. The fourth-order valence-corrected chi connectivity index (χ4v) is 2.80. The first-order chi connectivity index (χ1) is 7.77. The van der Waals surface area contributed by atoms with Crippen LogP contribution < -0.4 is 10.5 Å². The van der Waals surface area contributed by atoms with Crippen LogP contribution in [0.5, 0.6) is 0 Å². The van der Waals surface area contributed by atoms with Crippen LogP contribution in [0.1, 0.15) is 6.92 Å². The van der Waals surface area contributed by atoms with Crippen LogP contribution >= 0.6 is 11.6 Å². The molecule has 4 N–H and O–H groups in total. The molecule has 0 saturated heterocycles. The fourth-order valence-electron chi connectivity index (χ4n) is 1.15. The van der Waals surface area contributed by atoms with Crippen molar-refractivity contribution >= 4 is 27.3 Å². The maximum Gasteiger partial charge on any atom is 0.243 e. The maximum atomic E-state index is 13.6. The number of sulfonamides is 1. The van der Waals surface area contributed by atoms with Gasteiger partial charge in [0.2, 0.25) is 10.0 Å². The summed E-state index contributed by atoms with van der Waals surface area (Å²) in [5.74, 6) is -1.06. The van der Waals surface area contributed by atoms with Gasteiger partial charge in [-0.05, 0) is 19.1 Å². The highest BCUT2D eigenvalue weighted by Gasteiger charge is 2.23. The molecule has 0 heterocycles. The van der Waals surface area contributed by atoms with Crippen LogP contribution in [-0.2, 0) is 10.0 Å². The SMILES string of the molecule is C[C@@H](CO)NS(=O)(=O)c1cc(Cl)cc(N)c1F. The summed E-state index contributed by atoms with van der Waals surface area (Å²) in [4.78, 5) is -0.636. The summed E-state index contributed by atoms with van der Waals surface area (Å²) >= 11 is 5.61. The molecule has 0 aliphatic carbocycles. The lowest BCUT2D eigenvalue weighted by Crippen LogP contribution is -2.35. The van der Waals surface area contributed by atoms with Gasteiger partial charge in [0.15, 0.2) is 5.82 Å². The lowest BCUT2D eigenvalue weighted by atomic mass is 10.3. The van der Waals surface area contributed by atoms with Crippen LogP contribution in [0, 0.1) is 5.82 Å². The molecule has 0 spiro atoms. The van der Waals surface area contributed by atoms with Crippen molar-refractivity contribution in [2.75, 3.05) is 12.3 Å². The monoisotopic (exact) mass is 282 g/mol. The molecule has 0 unspecified atom stereocenters. The van der Waals surface area contributed by atoms with Crippen LogP contribution in [-0.4, -0.2) is 26.2 Å². The topological polar surface area (TPSA) is 92.4 Å². The third-order valence-corrected chi connectivity index (χ3v) is 3.76. The van der Waals surface area contributed by atoms with Gasteiger partial charge in [-0.15, -0.1) is 0 Å². The molecular formula is C9H12ClFN2O3S. The van der Waals surface area contributed by atoms with E-state index in [1.165, 1.54) is 6.92 Å². The molecule has 1 aromatic rings. The number of anilines is 1. The number of hydrogen-bond acceptors (Lipinski definition) is 4. The van der Waals surface area contributed by atoms with Crippen molar-refractivity contribution in [3.63, 3.8) is 0 Å². The Hall–Kier alpha value is -0.890. The quantitative estimate of drug-likeness (QED) is 0.710. The van der Waals surface area contributed by atoms with Crippen LogP contribution in [0.25, 0.3) is 0 Å². The summed E-state index contributed by atoms with van der Waals surface area (Å²) in [6.07, 6.45) is 0. The fraction of sp³-hybridized carbons (Fsp3) is 0.333. The lowest BCUT2D eigenvalue weighted by molar-refractivity contribution is 0.265. The molecule has 0 radical (unpaired) electrons. The van der Waals surface area contributed by atoms with E-state index in [0.29, 0.717) is 0 Å². The van der Waals surface area contributed by atoms with E-state index in [9.17, 15) is 12.8 Å². The molecule has 0 bridgehead atoms. The Labute approximate surface area is 103 Å². The number of nitrogens with one attached hydrogen (secondary N) is 1. The van der Waals surface area contributed by atoms with Gasteiger partial charge in [-0.3, -0.25) is 0 Å². The molecule has 96 valence electrons. The zero-order valence-electron chi connectivity index (χ0n) is 8.94. The third kappa shape index (κ3) is 3.29. The number of benzene rings is 1. The van der Waals surface area contributed by atoms with Crippen LogP contribution in [0.4, 0.5) is 10.1 Å². The molecule has 1 rings (SSSR count). The van der Waals surface area contributed by atoms with Crippen molar-refractivity contribution in [1.29, 1.82) is 0 Å². The molecule has 0 aliphatic rings. The average Bonchev–Trinajstić information content (AvgIpc) is 2.22. The molecule has 1 aromatic carbocycles. The Morgan fingerprint density at radius 1 is 1.59 bits per heavy atom. The van der Waals surface area contributed by atoms with Crippen LogP contribution in [0.15, 0.2) is 17.0 Å². The van der Waals surface area contributed by atoms with E-state index < -0.39 is 33.4 Å². The minimum absolute atomic E-state index is 0.0147. The highest BCUT2D eigenvalue weighted by molar-refractivity contribution is 7.89. The largest absolute Gasteiger partial charge is 0.396 e. The number of nitrogen functional groups attached to an aromatic ring is 1. The molecule has 0 saturated carbocycles. The zero-order chi connectivity index (χ0) is 13.2. The van der Waals surface area contributed by atoms with E-state index in [1.807, 2.05) is 0 Å². The standard InChI is InChI=1S/C9H12ClFN2O3S/c1-5(4-14)13-17(15,16)8-3-6(10)2-7(12)9(8)11/h2-3,5,13-14H,4,12H2,1H3/t5-/m0/s1. The van der Waals surface area contributed by atoms with Crippen molar-refractivity contribution in [3.05, 3.63) is 23.0 Å². The Bertz CT molecular complexity index is 521. The summed E-state index contributed by atoms with van der Waals surface area (Å²) in [6.45, 7) is 1.03. The zero-order valence-corrected chi connectivity index (χ0v) is 10.5. The predicted molar refractivity (Wildman–Crippen MR) is 62.7 cm³/mol. The maximum absolute atomic E-state index is 13.6. The summed E-state index contributed by atoms with van der Waals surface area (Å²) in [5, 5.41) is 8.77. The third-order valence-electron chi connectivity index (χ3n) is 1.95. The van der Waals surface area contributed by atoms with Crippen molar-refractivity contribution in [2.24, 2.45) is 0 Å². The van der Waals surface area contributed by atoms with E-state index >= 15 is 0 Å². The first-order valence-electron chi connectivity index (χ1n) is 4.65. The minimum atomic E-state index is -4.10. The average molecular weight is 283 g/mol. The van der Waals surface area contributed by atoms with Gasteiger partial charge in [0, 0.05) is 11.1 Å². The Morgan fingerprint density at radius 2 is 2.18 bits per heavy atom. The minimum Gasteiger partial charge on any atom is -0.396 e. The molecule has 0 aliphatic heterocycles. The van der Waals surface area contributed by atoms with Gasteiger partial charge >= 0.3 is 0 Å². The van der Waals surface area contributed by atoms with E-state index in [0.717, 1.165) is 12.1 Å². The van der Waals surface area contributed by atoms with Crippen LogP contribution in [0.3, 0.4) is 0 Å². The summed E-state index contributed by atoms with van der Waals surface area (Å²) in [5.41, 5.74) is 4.93. The van der Waals surface area contributed by atoms with E-state index in [-0.39, 0.29) is 10.7 Å². The van der Waals surface area contributed by atoms with Gasteiger partial charge < -0.3 is 10.8 Å². The normalized spacial score (nSPS) is 13.6. The second kappa shape index (κ2) is 5.18. The molecule has 17 heavy (non-hydrogen) atoms. The molecule has 0 aromatic heterocycles. The smallest absolute Gasteiger partial charge is 0.243 e. The highest BCUT2D eigenvalue weighted by Crippen LogP contribution is 2.25. The van der Waals surface area contributed by atoms with Gasteiger partial charge in [0.25, 0.3) is 0 Å². The highest BCUT2D eigenvalue weighted by atomic mass is 35.5. The number of rotatable bonds is 4. The number of nitrogens with two attached hydrogens (primary N) is 1. The predicted octanol–water partition coefficient (Wildman–Crippen LogP) is 0.720. The van der Waals surface area contributed by atoms with E-state index in [1.54, 1.807) is 0 Å². The number of aliphatic hydroxyl groups excluding tert-OH is 1. The summed E-state index contributed by atoms with van der Waals surface area (Å²) in [6, 6.07) is 1.34. The molecule has 5 nitrogen and oxygen atoms in total. The molecule has 8 heteroatoms. The molecular weight excluding hydrogens is 271 g/mol. The van der Waals surface area contributed by atoms with Gasteiger partial charge in [-0.25, -0.2) is 17.5 Å². The molecule has 0 fully saturated rings. The molecule has 0 amide bonds. The van der Waals surface area contributed by atoms with Crippen molar-refractivity contribution in [3.8, 4) is 0 Å². The van der Waals surface area contributed by atoms with E-state index in [4.69, 9.17) is 22.4 Å². The number of aliphatic hydroxyl groups is 1. The van der Waals surface area contributed by atoms with Crippen molar-refractivity contribution < 1.29 is 17.9 Å². The second-order valence-electron chi connectivity index (χ2n) is 3.51. The van der Waals surface area contributed by atoms with Crippen molar-refractivity contribution in [2.45, 2.75) is 17.9 Å². The number of halogens is 2. The molecule has 1 atom stereocenters. The Kier molecular flexibility index (Phi) is 4.31.